The lowest BCUT2D eigenvalue weighted by atomic mass is 10.1. The van der Waals surface area contributed by atoms with Crippen LogP contribution in [0.3, 0.4) is 0 Å². The molecule has 0 atom stereocenters. The summed E-state index contributed by atoms with van der Waals surface area (Å²) in [4.78, 5) is 3.88. The highest BCUT2D eigenvalue weighted by Gasteiger charge is 2.09. The van der Waals surface area contributed by atoms with Gasteiger partial charge in [-0.2, -0.15) is 5.10 Å². The molecule has 0 aliphatic carbocycles. The Bertz CT molecular complexity index is 1020. The molecule has 0 radical (unpaired) electrons. The summed E-state index contributed by atoms with van der Waals surface area (Å²) in [5.41, 5.74) is 3.00. The predicted molar refractivity (Wildman–Crippen MR) is 99.3 cm³/mol. The summed E-state index contributed by atoms with van der Waals surface area (Å²) in [6.45, 7) is 3.35. The van der Waals surface area contributed by atoms with Crippen molar-refractivity contribution in [3.05, 3.63) is 54.1 Å². The predicted octanol–water partition coefficient (Wildman–Crippen LogP) is 3.42. The molecule has 1 aromatic carbocycles. The van der Waals surface area contributed by atoms with Gasteiger partial charge in [-0.05, 0) is 37.6 Å². The normalized spacial score (nSPS) is 11.3. The van der Waals surface area contributed by atoms with Crippen LogP contribution in [0.1, 0.15) is 12.6 Å². The molecular formula is C17H18FN5O2S. The third-order valence-corrected chi connectivity index (χ3v) is 4.99. The number of aromatic nitrogens is 3. The Morgan fingerprint density at radius 2 is 1.92 bits per heavy atom. The number of pyridine rings is 1. The number of aryl methyl sites for hydroxylation is 1. The van der Waals surface area contributed by atoms with E-state index < -0.39 is 15.8 Å². The van der Waals surface area contributed by atoms with Gasteiger partial charge >= 0.3 is 0 Å². The second kappa shape index (κ2) is 7.12. The van der Waals surface area contributed by atoms with Crippen LogP contribution in [0.15, 0.2) is 42.6 Å². The lowest BCUT2D eigenvalue weighted by Gasteiger charge is -2.06. The van der Waals surface area contributed by atoms with Crippen molar-refractivity contribution >= 4 is 27.2 Å². The molecule has 2 heterocycles. The Morgan fingerprint density at radius 1 is 1.19 bits per heavy atom. The van der Waals surface area contributed by atoms with Crippen LogP contribution in [0.2, 0.25) is 0 Å². The van der Waals surface area contributed by atoms with Gasteiger partial charge in [0, 0.05) is 17.4 Å². The summed E-state index contributed by atoms with van der Waals surface area (Å²) in [7, 11) is -3.31. The molecule has 0 saturated carbocycles. The molecule has 26 heavy (non-hydrogen) atoms. The second-order valence-electron chi connectivity index (χ2n) is 5.68. The van der Waals surface area contributed by atoms with Crippen LogP contribution < -0.4 is 10.0 Å². The molecule has 3 N–H and O–H groups in total. The molecule has 7 nitrogen and oxygen atoms in total. The van der Waals surface area contributed by atoms with E-state index in [4.69, 9.17) is 0 Å². The van der Waals surface area contributed by atoms with E-state index in [0.717, 1.165) is 11.8 Å². The number of halogens is 1. The fourth-order valence-electron chi connectivity index (χ4n) is 2.28. The van der Waals surface area contributed by atoms with Crippen LogP contribution in [0.4, 0.5) is 21.6 Å². The minimum absolute atomic E-state index is 0.00929. The van der Waals surface area contributed by atoms with Crippen molar-refractivity contribution < 1.29 is 12.8 Å². The SMILES string of the molecule is CCS(=O)(=O)Nc1ccc(-c2cc(Nc3cc(C)ncc3F)n[nH]2)cc1. The Hall–Kier alpha value is -2.94. The van der Waals surface area contributed by atoms with Crippen molar-refractivity contribution in [2.75, 3.05) is 15.8 Å². The summed E-state index contributed by atoms with van der Waals surface area (Å²) in [6, 6.07) is 10.2. The van der Waals surface area contributed by atoms with Gasteiger partial charge in [0.1, 0.15) is 0 Å². The highest BCUT2D eigenvalue weighted by Crippen LogP contribution is 2.25. The fourth-order valence-corrected chi connectivity index (χ4v) is 2.92. The topological polar surface area (TPSA) is 99.8 Å². The van der Waals surface area contributed by atoms with Gasteiger partial charge in [0.15, 0.2) is 11.6 Å². The quantitative estimate of drug-likeness (QED) is 0.613. The highest BCUT2D eigenvalue weighted by molar-refractivity contribution is 7.92. The van der Waals surface area contributed by atoms with Gasteiger partial charge in [0.25, 0.3) is 0 Å². The molecule has 9 heteroatoms. The van der Waals surface area contributed by atoms with E-state index >= 15 is 0 Å². The van der Waals surface area contributed by atoms with Gasteiger partial charge in [-0.1, -0.05) is 12.1 Å². The zero-order valence-electron chi connectivity index (χ0n) is 14.2. The summed E-state index contributed by atoms with van der Waals surface area (Å²) >= 11 is 0. The summed E-state index contributed by atoms with van der Waals surface area (Å²) in [6.07, 6.45) is 1.15. The van der Waals surface area contributed by atoms with Crippen molar-refractivity contribution in [1.82, 2.24) is 15.2 Å². The van der Waals surface area contributed by atoms with E-state index in [1.54, 1.807) is 50.2 Å². The zero-order valence-corrected chi connectivity index (χ0v) is 15.1. The number of anilines is 3. The maximum atomic E-state index is 13.8. The third-order valence-electron chi connectivity index (χ3n) is 3.68. The molecule has 0 unspecified atom stereocenters. The maximum Gasteiger partial charge on any atom is 0.232 e. The van der Waals surface area contributed by atoms with Gasteiger partial charge in [-0.15, -0.1) is 0 Å². The first-order valence-electron chi connectivity index (χ1n) is 7.92. The largest absolute Gasteiger partial charge is 0.336 e. The monoisotopic (exact) mass is 375 g/mol. The van der Waals surface area contributed by atoms with Crippen LogP contribution in [0.5, 0.6) is 0 Å². The first-order chi connectivity index (χ1) is 12.4. The Morgan fingerprint density at radius 3 is 2.62 bits per heavy atom. The number of nitrogens with zero attached hydrogens (tertiary/aromatic N) is 2. The zero-order chi connectivity index (χ0) is 18.7. The minimum atomic E-state index is -3.31. The summed E-state index contributed by atoms with van der Waals surface area (Å²) in [5.74, 6) is 0.00279. The van der Waals surface area contributed by atoms with Gasteiger partial charge in [0.05, 0.1) is 23.3 Å². The highest BCUT2D eigenvalue weighted by atomic mass is 32.2. The molecule has 0 bridgehead atoms. The molecule has 0 aliphatic rings. The van der Waals surface area contributed by atoms with Gasteiger partial charge in [-0.3, -0.25) is 14.8 Å². The summed E-state index contributed by atoms with van der Waals surface area (Å²) < 4.78 is 39.4. The van der Waals surface area contributed by atoms with Crippen LogP contribution in [0.25, 0.3) is 11.3 Å². The number of H-pyrrole nitrogens is 1. The van der Waals surface area contributed by atoms with E-state index in [1.807, 2.05) is 0 Å². The Balaban J connectivity index is 1.76. The van der Waals surface area contributed by atoms with E-state index in [2.05, 4.69) is 25.2 Å². The number of benzene rings is 1. The molecule has 0 amide bonds. The van der Waals surface area contributed by atoms with E-state index in [-0.39, 0.29) is 5.75 Å². The molecule has 0 saturated heterocycles. The average molecular weight is 375 g/mol. The molecule has 136 valence electrons. The fraction of sp³-hybridized carbons (Fsp3) is 0.176. The molecular weight excluding hydrogens is 357 g/mol. The van der Waals surface area contributed by atoms with Crippen LogP contribution in [0, 0.1) is 12.7 Å². The number of rotatable bonds is 6. The average Bonchev–Trinajstić information content (AvgIpc) is 3.07. The summed E-state index contributed by atoms with van der Waals surface area (Å²) in [5, 5.41) is 9.89. The number of hydrogen-bond acceptors (Lipinski definition) is 5. The van der Waals surface area contributed by atoms with Crippen molar-refractivity contribution in [3.8, 4) is 11.3 Å². The first-order valence-corrected chi connectivity index (χ1v) is 9.57. The van der Waals surface area contributed by atoms with Crippen LogP contribution in [-0.4, -0.2) is 29.4 Å². The number of hydrogen-bond donors (Lipinski definition) is 3. The molecule has 0 aliphatic heterocycles. The second-order valence-corrected chi connectivity index (χ2v) is 7.69. The number of aromatic amines is 1. The first kappa shape index (κ1) is 17.9. The molecule has 3 rings (SSSR count). The van der Waals surface area contributed by atoms with Crippen molar-refractivity contribution in [1.29, 1.82) is 0 Å². The van der Waals surface area contributed by atoms with Gasteiger partial charge < -0.3 is 5.32 Å². The lowest BCUT2D eigenvalue weighted by Crippen LogP contribution is -2.14. The van der Waals surface area contributed by atoms with Gasteiger partial charge in [-0.25, -0.2) is 12.8 Å². The standard InChI is InChI=1S/C17H18FN5O2S/c1-3-26(24,25)23-13-6-4-12(5-7-13)15-9-17(22-21-15)20-16-8-11(2)19-10-14(16)18/h4-10,23H,3H2,1-2H3,(H2,19,20,21,22). The smallest absolute Gasteiger partial charge is 0.232 e. The molecule has 3 aromatic rings. The van der Waals surface area contributed by atoms with Crippen molar-refractivity contribution in [3.63, 3.8) is 0 Å². The van der Waals surface area contributed by atoms with E-state index in [9.17, 15) is 12.8 Å². The molecule has 0 spiro atoms. The van der Waals surface area contributed by atoms with Crippen LogP contribution in [-0.2, 0) is 10.0 Å². The molecule has 0 fully saturated rings. The Labute approximate surface area is 150 Å². The molecule has 2 aromatic heterocycles. The third kappa shape index (κ3) is 4.17. The van der Waals surface area contributed by atoms with Crippen LogP contribution >= 0.6 is 0 Å². The maximum absolute atomic E-state index is 13.8. The lowest BCUT2D eigenvalue weighted by molar-refractivity contribution is 0.602. The Kier molecular flexibility index (Phi) is 4.90. The van der Waals surface area contributed by atoms with Crippen molar-refractivity contribution in [2.45, 2.75) is 13.8 Å². The van der Waals surface area contributed by atoms with E-state index in [0.29, 0.717) is 28.6 Å². The number of nitrogens with one attached hydrogen (secondary N) is 3. The van der Waals surface area contributed by atoms with Gasteiger partial charge in [0.2, 0.25) is 10.0 Å². The van der Waals surface area contributed by atoms with Crippen molar-refractivity contribution in [2.24, 2.45) is 0 Å². The number of sulfonamides is 1. The van der Waals surface area contributed by atoms with E-state index in [1.165, 1.54) is 0 Å². The minimum Gasteiger partial charge on any atom is -0.336 e.